The largest absolute Gasteiger partial charge is 0.361 e. The third-order valence-electron chi connectivity index (χ3n) is 4.04. The summed E-state index contributed by atoms with van der Waals surface area (Å²) in [5.74, 6) is 1.54. The highest BCUT2D eigenvalue weighted by atomic mass is 32.2. The first-order chi connectivity index (χ1) is 11.6. The number of aryl methyl sites for hydroxylation is 2. The Labute approximate surface area is 149 Å². The smallest absolute Gasteiger partial charge is 0.272 e. The molecular weight excluding hydrogens is 342 g/mol. The summed E-state index contributed by atoms with van der Waals surface area (Å²) < 4.78 is 7.80. The minimum absolute atomic E-state index is 0.0763. The Bertz CT molecular complexity index is 876. The lowest BCUT2D eigenvalue weighted by Gasteiger charge is -2.11. The van der Waals surface area contributed by atoms with E-state index in [2.05, 4.69) is 12.1 Å². The number of aromatic nitrogens is 3. The monoisotopic (exact) mass is 363 g/mol. The topological polar surface area (TPSA) is 60.9 Å². The van der Waals surface area contributed by atoms with Crippen molar-refractivity contribution in [3.63, 3.8) is 0 Å². The van der Waals surface area contributed by atoms with Gasteiger partial charge in [-0.2, -0.15) is 0 Å². The third kappa shape index (κ3) is 3.42. The van der Waals surface area contributed by atoms with Crippen LogP contribution in [-0.4, -0.2) is 14.7 Å². The van der Waals surface area contributed by atoms with Crippen molar-refractivity contribution in [1.29, 1.82) is 0 Å². The summed E-state index contributed by atoms with van der Waals surface area (Å²) in [7, 11) is 0. The highest BCUT2D eigenvalue weighted by Gasteiger charge is 2.15. The maximum absolute atomic E-state index is 12.8. The molecule has 0 bridgehead atoms. The van der Waals surface area contributed by atoms with E-state index in [1.54, 1.807) is 11.8 Å². The summed E-state index contributed by atoms with van der Waals surface area (Å²) in [6.07, 6.45) is 3.24. The molecule has 5 nitrogen and oxygen atoms in total. The van der Waals surface area contributed by atoms with Crippen molar-refractivity contribution in [2.24, 2.45) is 0 Å². The molecule has 24 heavy (non-hydrogen) atoms. The van der Waals surface area contributed by atoms with Gasteiger partial charge in [0.1, 0.15) is 10.5 Å². The van der Waals surface area contributed by atoms with Crippen molar-refractivity contribution in [2.75, 3.05) is 0 Å². The maximum Gasteiger partial charge on any atom is 0.272 e. The number of nitrogens with zero attached hydrogens (tertiary/aromatic N) is 3. The van der Waals surface area contributed by atoms with Gasteiger partial charge in [0.25, 0.3) is 5.56 Å². The van der Waals surface area contributed by atoms with Crippen molar-refractivity contribution in [1.82, 2.24) is 14.7 Å². The predicted octanol–water partition coefficient (Wildman–Crippen LogP) is 4.55. The van der Waals surface area contributed by atoms with Crippen LogP contribution < -0.4 is 5.56 Å². The lowest BCUT2D eigenvalue weighted by atomic mass is 10.2. The van der Waals surface area contributed by atoms with Crippen molar-refractivity contribution < 1.29 is 4.52 Å². The third-order valence-corrected chi connectivity index (χ3v) is 5.94. The van der Waals surface area contributed by atoms with Gasteiger partial charge in [-0.1, -0.05) is 36.7 Å². The zero-order chi connectivity index (χ0) is 17.1. The molecule has 128 valence electrons. The van der Waals surface area contributed by atoms with Crippen LogP contribution in [0.4, 0.5) is 0 Å². The molecule has 0 amide bonds. The van der Waals surface area contributed by atoms with Crippen LogP contribution >= 0.6 is 23.1 Å². The van der Waals surface area contributed by atoms with E-state index < -0.39 is 0 Å². The molecule has 3 aromatic heterocycles. The predicted molar refractivity (Wildman–Crippen MR) is 98.9 cm³/mol. The van der Waals surface area contributed by atoms with Gasteiger partial charge in [0, 0.05) is 17.9 Å². The molecular formula is C17H21N3O2S2. The van der Waals surface area contributed by atoms with Crippen molar-refractivity contribution >= 4 is 33.3 Å². The Morgan fingerprint density at radius 3 is 2.88 bits per heavy atom. The molecule has 0 spiro atoms. The molecule has 0 aliphatic carbocycles. The number of thioether (sulfide) groups is 1. The summed E-state index contributed by atoms with van der Waals surface area (Å²) in [5, 5.41) is 6.70. The highest BCUT2D eigenvalue weighted by Crippen LogP contribution is 2.26. The quantitative estimate of drug-likeness (QED) is 0.350. The fourth-order valence-electron chi connectivity index (χ4n) is 2.60. The minimum Gasteiger partial charge on any atom is -0.361 e. The van der Waals surface area contributed by atoms with Gasteiger partial charge in [0.2, 0.25) is 0 Å². The normalized spacial score (nSPS) is 11.5. The molecule has 0 N–H and O–H groups in total. The maximum atomic E-state index is 12.8. The first-order valence-corrected chi connectivity index (χ1v) is 10.0. The van der Waals surface area contributed by atoms with Crippen LogP contribution in [0.1, 0.15) is 43.2 Å². The van der Waals surface area contributed by atoms with E-state index in [1.165, 1.54) is 11.3 Å². The van der Waals surface area contributed by atoms with Crippen LogP contribution in [-0.2, 0) is 12.3 Å². The van der Waals surface area contributed by atoms with Crippen LogP contribution in [0.3, 0.4) is 0 Å². The molecule has 0 unspecified atom stereocenters. The number of fused-ring (bicyclic) bond motifs is 1. The van der Waals surface area contributed by atoms with Gasteiger partial charge in [-0.15, -0.1) is 11.3 Å². The summed E-state index contributed by atoms with van der Waals surface area (Å²) in [6, 6.07) is 1.91. The second kappa shape index (κ2) is 7.53. The molecule has 0 aliphatic rings. The van der Waals surface area contributed by atoms with E-state index in [-0.39, 0.29) is 5.56 Å². The van der Waals surface area contributed by atoms with Gasteiger partial charge >= 0.3 is 0 Å². The van der Waals surface area contributed by atoms with Crippen molar-refractivity contribution in [3.05, 3.63) is 38.8 Å². The van der Waals surface area contributed by atoms with Gasteiger partial charge in [-0.3, -0.25) is 9.36 Å². The molecule has 0 saturated carbocycles. The van der Waals surface area contributed by atoms with Gasteiger partial charge < -0.3 is 4.52 Å². The van der Waals surface area contributed by atoms with Gasteiger partial charge in [0.15, 0.2) is 5.16 Å². The summed E-state index contributed by atoms with van der Waals surface area (Å²) in [4.78, 5) is 17.5. The van der Waals surface area contributed by atoms with E-state index >= 15 is 0 Å². The van der Waals surface area contributed by atoms with Gasteiger partial charge in [-0.05, 0) is 31.7 Å². The Hall–Kier alpha value is -1.60. The molecule has 0 aromatic carbocycles. The van der Waals surface area contributed by atoms with Crippen LogP contribution in [0.5, 0.6) is 0 Å². The Kier molecular flexibility index (Phi) is 5.40. The lowest BCUT2D eigenvalue weighted by molar-refractivity contribution is 0.392. The molecule has 0 aliphatic heterocycles. The van der Waals surface area contributed by atoms with Crippen LogP contribution in [0.15, 0.2) is 25.9 Å². The van der Waals surface area contributed by atoms with Crippen molar-refractivity contribution in [3.8, 4) is 0 Å². The van der Waals surface area contributed by atoms with Crippen LogP contribution in [0, 0.1) is 13.8 Å². The van der Waals surface area contributed by atoms with Gasteiger partial charge in [0.05, 0.1) is 11.2 Å². The number of rotatable bonds is 7. The Morgan fingerprint density at radius 1 is 1.33 bits per heavy atom. The van der Waals surface area contributed by atoms with Crippen molar-refractivity contribution in [2.45, 2.75) is 57.5 Å². The fraction of sp³-hybridized carbons (Fsp3) is 0.471. The average molecular weight is 364 g/mol. The number of hydrogen-bond acceptors (Lipinski definition) is 6. The number of hydrogen-bond donors (Lipinski definition) is 0. The summed E-state index contributed by atoms with van der Waals surface area (Å²) >= 11 is 3.05. The van der Waals surface area contributed by atoms with E-state index in [1.807, 2.05) is 29.9 Å². The molecule has 0 fully saturated rings. The lowest BCUT2D eigenvalue weighted by Crippen LogP contribution is -2.22. The zero-order valence-corrected chi connectivity index (χ0v) is 15.8. The van der Waals surface area contributed by atoms with E-state index in [0.717, 1.165) is 58.2 Å². The zero-order valence-electron chi connectivity index (χ0n) is 14.2. The summed E-state index contributed by atoms with van der Waals surface area (Å²) in [5.41, 5.74) is 2.85. The van der Waals surface area contributed by atoms with Crippen LogP contribution in [0.25, 0.3) is 10.2 Å². The molecule has 3 heterocycles. The molecule has 3 aromatic rings. The Balaban J connectivity index is 1.92. The molecule has 0 atom stereocenters. The molecule has 0 radical (unpaired) electrons. The minimum atomic E-state index is 0.0763. The SMILES string of the molecule is CCCCCn1c(SCc2c(C)noc2C)nc2ccsc2c1=O. The van der Waals surface area contributed by atoms with E-state index in [9.17, 15) is 4.79 Å². The van der Waals surface area contributed by atoms with Crippen LogP contribution in [0.2, 0.25) is 0 Å². The standard InChI is InChI=1S/C17H21N3O2S2/c1-4-5-6-8-20-16(21)15-14(7-9-23-15)18-17(20)24-10-13-11(2)19-22-12(13)3/h7,9H,4-6,8,10H2,1-3H3. The van der Waals surface area contributed by atoms with E-state index in [0.29, 0.717) is 5.75 Å². The van der Waals surface area contributed by atoms with Gasteiger partial charge in [-0.25, -0.2) is 4.98 Å². The van der Waals surface area contributed by atoms with E-state index in [4.69, 9.17) is 9.51 Å². The fourth-order valence-corrected chi connectivity index (χ4v) is 4.55. The molecule has 0 saturated heterocycles. The number of thiophene rings is 1. The summed E-state index contributed by atoms with van der Waals surface area (Å²) in [6.45, 7) is 6.74. The first-order valence-electron chi connectivity index (χ1n) is 8.14. The Morgan fingerprint density at radius 2 is 2.17 bits per heavy atom. The molecule has 7 heteroatoms. The highest BCUT2D eigenvalue weighted by molar-refractivity contribution is 7.98. The molecule has 3 rings (SSSR count). The second-order valence-electron chi connectivity index (χ2n) is 5.78. The second-order valence-corrected chi connectivity index (χ2v) is 7.64. The number of unbranched alkanes of at least 4 members (excludes halogenated alkanes) is 2. The average Bonchev–Trinajstić information content (AvgIpc) is 3.15. The first kappa shape index (κ1) is 17.2.